The first-order valence-corrected chi connectivity index (χ1v) is 13.1. The number of imide groups is 1. The standard InChI is InChI=1S/C31H20ClF3N2O4/c32-20-12-10-18(11-13-20)28(39)26-25-24(23-16-19(14-15-36(23)26)27(38)17-6-2-1-3-7-17)29(40)37(30(25)41)22-9-5-4-8-21(22)31(33,34)35/h1-16,23-26H/t23-,24+,25+,26+/m1/s1. The zero-order chi connectivity index (χ0) is 29.1. The van der Waals surface area contributed by atoms with E-state index in [1.54, 1.807) is 35.2 Å². The monoisotopic (exact) mass is 576 g/mol. The second-order valence-electron chi connectivity index (χ2n) is 9.97. The van der Waals surface area contributed by atoms with Crippen LogP contribution in [0, 0.1) is 11.8 Å². The fraction of sp³-hybridized carbons (Fsp3) is 0.161. The highest BCUT2D eigenvalue weighted by Gasteiger charge is 2.64. The molecule has 0 unspecified atom stereocenters. The maximum atomic E-state index is 13.9. The SMILES string of the molecule is O=C(C1=C[C@@H]2[C@@H]3C(=O)N(c4ccccc4C(F)(F)F)C(=O)[C@@H]3[C@@H](C(=O)c3ccc(Cl)cc3)N2C=C1)c1ccccc1. The lowest BCUT2D eigenvalue weighted by Gasteiger charge is -2.33. The minimum Gasteiger partial charge on any atom is -0.359 e. The fourth-order valence-corrected chi connectivity index (χ4v) is 6.01. The van der Waals surface area contributed by atoms with Crippen LogP contribution in [0.4, 0.5) is 18.9 Å². The summed E-state index contributed by atoms with van der Waals surface area (Å²) in [5.74, 6) is -5.09. The van der Waals surface area contributed by atoms with E-state index in [2.05, 4.69) is 0 Å². The first kappa shape index (κ1) is 26.7. The fourth-order valence-electron chi connectivity index (χ4n) is 5.88. The van der Waals surface area contributed by atoms with Gasteiger partial charge in [0, 0.05) is 27.9 Å². The molecule has 3 heterocycles. The van der Waals surface area contributed by atoms with Crippen molar-refractivity contribution in [3.63, 3.8) is 0 Å². The van der Waals surface area contributed by atoms with Crippen molar-refractivity contribution >= 4 is 40.7 Å². The highest BCUT2D eigenvalue weighted by Crippen LogP contribution is 2.49. The minimum atomic E-state index is -4.83. The lowest BCUT2D eigenvalue weighted by molar-refractivity contribution is -0.137. The average Bonchev–Trinajstić information content (AvgIpc) is 3.44. The number of anilines is 1. The summed E-state index contributed by atoms with van der Waals surface area (Å²) in [5.41, 5.74) is -0.876. The van der Waals surface area contributed by atoms with Gasteiger partial charge in [-0.2, -0.15) is 13.2 Å². The molecule has 2 saturated heterocycles. The summed E-state index contributed by atoms with van der Waals surface area (Å²) in [6.07, 6.45) is -0.290. The van der Waals surface area contributed by atoms with Gasteiger partial charge in [-0.25, -0.2) is 4.90 Å². The van der Waals surface area contributed by atoms with Crippen molar-refractivity contribution in [3.8, 4) is 0 Å². The topological polar surface area (TPSA) is 74.8 Å². The number of hydrogen-bond acceptors (Lipinski definition) is 5. The predicted octanol–water partition coefficient (Wildman–Crippen LogP) is 5.74. The van der Waals surface area contributed by atoms with Gasteiger partial charge in [-0.05, 0) is 42.5 Å². The van der Waals surface area contributed by atoms with Crippen LogP contribution in [0.1, 0.15) is 26.3 Å². The van der Waals surface area contributed by atoms with E-state index >= 15 is 0 Å². The number of Topliss-reactive ketones (excluding diaryl/α,β-unsaturated/α-hetero) is 2. The number of rotatable bonds is 5. The highest BCUT2D eigenvalue weighted by molar-refractivity contribution is 6.30. The number of benzene rings is 3. The Balaban J connectivity index is 1.46. The van der Waals surface area contributed by atoms with E-state index < -0.39 is 58.9 Å². The molecule has 0 radical (unpaired) electrons. The summed E-state index contributed by atoms with van der Waals surface area (Å²) in [4.78, 5) is 56.9. The Morgan fingerprint density at radius 3 is 2.10 bits per heavy atom. The molecule has 0 spiro atoms. The van der Waals surface area contributed by atoms with Crippen molar-refractivity contribution in [2.24, 2.45) is 11.8 Å². The Labute approximate surface area is 237 Å². The Kier molecular flexibility index (Phi) is 6.42. The quantitative estimate of drug-likeness (QED) is 0.286. The number of nitrogens with zero attached hydrogens (tertiary/aromatic N) is 2. The van der Waals surface area contributed by atoms with E-state index in [4.69, 9.17) is 11.6 Å². The van der Waals surface area contributed by atoms with Crippen molar-refractivity contribution in [3.05, 3.63) is 125 Å². The van der Waals surface area contributed by atoms with E-state index in [0.717, 1.165) is 12.1 Å². The highest BCUT2D eigenvalue weighted by atomic mass is 35.5. The first-order chi connectivity index (χ1) is 19.6. The molecular weight excluding hydrogens is 557 g/mol. The van der Waals surface area contributed by atoms with Gasteiger partial charge in [0.05, 0.1) is 29.1 Å². The summed E-state index contributed by atoms with van der Waals surface area (Å²) >= 11 is 5.98. The van der Waals surface area contributed by atoms with E-state index in [1.807, 2.05) is 0 Å². The lowest BCUT2D eigenvalue weighted by atomic mass is 9.85. The Hall–Kier alpha value is -4.50. The van der Waals surface area contributed by atoms with Crippen LogP contribution in [0.25, 0.3) is 0 Å². The molecule has 0 saturated carbocycles. The maximum Gasteiger partial charge on any atom is 0.418 e. The third kappa shape index (κ3) is 4.37. The minimum absolute atomic E-state index is 0.219. The van der Waals surface area contributed by atoms with Crippen LogP contribution in [0.2, 0.25) is 5.02 Å². The maximum absolute atomic E-state index is 13.9. The molecule has 41 heavy (non-hydrogen) atoms. The van der Waals surface area contributed by atoms with Crippen LogP contribution in [-0.4, -0.2) is 40.4 Å². The van der Waals surface area contributed by atoms with E-state index in [9.17, 15) is 32.3 Å². The zero-order valence-corrected chi connectivity index (χ0v) is 21.8. The molecule has 6 rings (SSSR count). The van der Waals surface area contributed by atoms with Crippen LogP contribution in [0.5, 0.6) is 0 Å². The van der Waals surface area contributed by atoms with Crippen molar-refractivity contribution in [1.82, 2.24) is 4.90 Å². The van der Waals surface area contributed by atoms with Gasteiger partial charge in [-0.15, -0.1) is 0 Å². The molecule has 4 atom stereocenters. The first-order valence-electron chi connectivity index (χ1n) is 12.7. The normalized spacial score (nSPS) is 23.4. The van der Waals surface area contributed by atoms with E-state index in [0.29, 0.717) is 15.5 Å². The van der Waals surface area contributed by atoms with Crippen molar-refractivity contribution in [2.45, 2.75) is 18.3 Å². The number of carbonyl (C=O) groups is 4. The summed E-state index contributed by atoms with van der Waals surface area (Å²) in [6, 6.07) is 16.6. The zero-order valence-electron chi connectivity index (χ0n) is 21.1. The number of halogens is 4. The molecule has 0 bridgehead atoms. The molecule has 3 aliphatic rings. The summed E-state index contributed by atoms with van der Waals surface area (Å²) < 4.78 is 41.7. The second kappa shape index (κ2) is 9.85. The van der Waals surface area contributed by atoms with Gasteiger partial charge in [-0.1, -0.05) is 60.1 Å². The van der Waals surface area contributed by atoms with Gasteiger partial charge in [0.25, 0.3) is 0 Å². The van der Waals surface area contributed by atoms with Crippen LogP contribution in [0.15, 0.2) is 103 Å². The van der Waals surface area contributed by atoms with E-state index in [-0.39, 0.29) is 16.9 Å². The largest absolute Gasteiger partial charge is 0.418 e. The number of ketones is 2. The third-order valence-corrected chi connectivity index (χ3v) is 7.95. The number of allylic oxidation sites excluding steroid dienone is 2. The van der Waals surface area contributed by atoms with Gasteiger partial charge in [-0.3, -0.25) is 19.2 Å². The number of alkyl halides is 3. The molecule has 10 heteroatoms. The number of hydrogen-bond donors (Lipinski definition) is 0. The molecular formula is C31H20ClF3N2O4. The molecule has 3 aliphatic heterocycles. The van der Waals surface area contributed by atoms with Crippen LogP contribution in [0.3, 0.4) is 0 Å². The molecule has 2 amide bonds. The van der Waals surface area contributed by atoms with Gasteiger partial charge in [0.15, 0.2) is 11.6 Å². The molecule has 0 aliphatic carbocycles. The van der Waals surface area contributed by atoms with Crippen molar-refractivity contribution < 1.29 is 32.3 Å². The summed E-state index contributed by atoms with van der Waals surface area (Å²) in [7, 11) is 0. The van der Waals surface area contributed by atoms with E-state index in [1.165, 1.54) is 54.8 Å². The van der Waals surface area contributed by atoms with Gasteiger partial charge < -0.3 is 4.90 Å². The van der Waals surface area contributed by atoms with Crippen molar-refractivity contribution in [1.29, 1.82) is 0 Å². The average molecular weight is 577 g/mol. The predicted molar refractivity (Wildman–Crippen MR) is 144 cm³/mol. The van der Waals surface area contributed by atoms with Gasteiger partial charge in [0.2, 0.25) is 11.8 Å². The molecule has 0 aromatic heterocycles. The second-order valence-corrected chi connectivity index (χ2v) is 10.4. The number of para-hydroxylation sites is 1. The smallest absolute Gasteiger partial charge is 0.359 e. The lowest BCUT2D eigenvalue weighted by Crippen LogP contribution is -2.46. The molecule has 206 valence electrons. The van der Waals surface area contributed by atoms with Gasteiger partial charge >= 0.3 is 6.18 Å². The Bertz CT molecular complexity index is 1650. The number of fused-ring (bicyclic) bond motifs is 3. The van der Waals surface area contributed by atoms with Crippen molar-refractivity contribution in [2.75, 3.05) is 4.90 Å². The van der Waals surface area contributed by atoms with Crippen LogP contribution < -0.4 is 4.90 Å². The molecule has 3 aromatic rings. The molecule has 2 fully saturated rings. The Morgan fingerprint density at radius 2 is 1.41 bits per heavy atom. The third-order valence-electron chi connectivity index (χ3n) is 7.69. The van der Waals surface area contributed by atoms with Crippen LogP contribution >= 0.6 is 11.6 Å². The van der Waals surface area contributed by atoms with Crippen LogP contribution in [-0.2, 0) is 15.8 Å². The molecule has 3 aromatic carbocycles. The molecule has 0 N–H and O–H groups in total. The van der Waals surface area contributed by atoms with Gasteiger partial charge in [0.1, 0.15) is 6.04 Å². The number of amides is 2. The number of carbonyl (C=O) groups excluding carboxylic acids is 4. The Morgan fingerprint density at radius 1 is 0.780 bits per heavy atom. The summed E-state index contributed by atoms with van der Waals surface area (Å²) in [6.45, 7) is 0. The summed E-state index contributed by atoms with van der Waals surface area (Å²) in [5, 5.41) is 0.385. The molecule has 6 nitrogen and oxygen atoms in total.